The van der Waals surface area contributed by atoms with Crippen LogP contribution in [-0.2, 0) is 21.6 Å². The standard InChI is InChI=1S/C26H23NO3/c28-24(17-19-11-13-21(14-12-19)20-7-2-1-3-8-20)27-16-6-15-26(18-27)23-10-5-4-9-22(23)25(29)30-26/h1-5,7-14H,6,15-18H2. The molecule has 2 heterocycles. The second-order valence-corrected chi connectivity index (χ2v) is 8.09. The molecule has 2 aliphatic heterocycles. The Morgan fingerprint density at radius 2 is 1.60 bits per heavy atom. The van der Waals surface area contributed by atoms with Gasteiger partial charge in [-0.15, -0.1) is 0 Å². The van der Waals surface area contributed by atoms with E-state index in [4.69, 9.17) is 4.74 Å². The molecule has 0 aliphatic carbocycles. The highest BCUT2D eigenvalue weighted by Crippen LogP contribution is 2.42. The van der Waals surface area contributed by atoms with Crippen molar-refractivity contribution in [1.82, 2.24) is 4.90 Å². The number of esters is 1. The van der Waals surface area contributed by atoms with E-state index >= 15 is 0 Å². The lowest BCUT2D eigenvalue weighted by Crippen LogP contribution is -2.49. The maximum atomic E-state index is 13.0. The van der Waals surface area contributed by atoms with E-state index in [1.165, 1.54) is 0 Å². The van der Waals surface area contributed by atoms with E-state index in [9.17, 15) is 9.59 Å². The first kappa shape index (κ1) is 18.6. The van der Waals surface area contributed by atoms with Crippen molar-refractivity contribution < 1.29 is 14.3 Å². The normalized spacial score (nSPS) is 20.1. The number of carbonyl (C=O) groups is 2. The van der Waals surface area contributed by atoms with Crippen LogP contribution < -0.4 is 0 Å². The van der Waals surface area contributed by atoms with Crippen LogP contribution in [0.1, 0.15) is 34.3 Å². The second kappa shape index (κ2) is 7.45. The summed E-state index contributed by atoms with van der Waals surface area (Å²) in [6.07, 6.45) is 1.92. The van der Waals surface area contributed by atoms with Crippen LogP contribution in [0, 0.1) is 0 Å². The molecule has 0 radical (unpaired) electrons. The molecule has 150 valence electrons. The molecule has 30 heavy (non-hydrogen) atoms. The lowest BCUT2D eigenvalue weighted by atomic mass is 9.85. The highest BCUT2D eigenvalue weighted by Gasteiger charge is 2.48. The summed E-state index contributed by atoms with van der Waals surface area (Å²) in [4.78, 5) is 27.2. The van der Waals surface area contributed by atoms with Crippen LogP contribution in [0.5, 0.6) is 0 Å². The van der Waals surface area contributed by atoms with Gasteiger partial charge in [-0.2, -0.15) is 0 Å². The molecule has 5 rings (SSSR count). The summed E-state index contributed by atoms with van der Waals surface area (Å²) in [5, 5.41) is 0. The average molecular weight is 397 g/mol. The van der Waals surface area contributed by atoms with Crippen molar-refractivity contribution in [3.63, 3.8) is 0 Å². The molecule has 0 aromatic heterocycles. The number of likely N-dealkylation sites (tertiary alicyclic amines) is 1. The Hall–Kier alpha value is -3.40. The molecule has 1 spiro atoms. The molecular formula is C26H23NO3. The largest absolute Gasteiger partial charge is 0.449 e. The lowest BCUT2D eigenvalue weighted by Gasteiger charge is -2.39. The molecule has 0 saturated carbocycles. The lowest BCUT2D eigenvalue weighted by molar-refractivity contribution is -0.138. The van der Waals surface area contributed by atoms with Crippen LogP contribution in [0.3, 0.4) is 0 Å². The molecule has 2 aliphatic rings. The highest BCUT2D eigenvalue weighted by molar-refractivity contribution is 5.95. The van der Waals surface area contributed by atoms with Crippen LogP contribution in [-0.4, -0.2) is 29.9 Å². The zero-order valence-electron chi connectivity index (χ0n) is 16.7. The van der Waals surface area contributed by atoms with Crippen molar-refractivity contribution in [3.05, 3.63) is 95.6 Å². The molecule has 3 aromatic rings. The molecule has 0 N–H and O–H groups in total. The number of rotatable bonds is 3. The van der Waals surface area contributed by atoms with Gasteiger partial charge in [-0.25, -0.2) is 4.79 Å². The van der Waals surface area contributed by atoms with Crippen molar-refractivity contribution in [3.8, 4) is 11.1 Å². The zero-order valence-corrected chi connectivity index (χ0v) is 16.7. The number of ether oxygens (including phenoxy) is 1. The van der Waals surface area contributed by atoms with Gasteiger partial charge in [0.1, 0.15) is 0 Å². The minimum atomic E-state index is -0.696. The van der Waals surface area contributed by atoms with Gasteiger partial charge in [-0.1, -0.05) is 72.8 Å². The van der Waals surface area contributed by atoms with E-state index in [0.29, 0.717) is 25.1 Å². The Morgan fingerprint density at radius 3 is 2.40 bits per heavy atom. The van der Waals surface area contributed by atoms with Gasteiger partial charge in [0.25, 0.3) is 0 Å². The molecule has 1 atom stereocenters. The van der Waals surface area contributed by atoms with Gasteiger partial charge in [0.2, 0.25) is 5.91 Å². The van der Waals surface area contributed by atoms with Crippen molar-refractivity contribution in [2.24, 2.45) is 0 Å². The summed E-state index contributed by atoms with van der Waals surface area (Å²) >= 11 is 0. The van der Waals surface area contributed by atoms with Crippen molar-refractivity contribution >= 4 is 11.9 Å². The second-order valence-electron chi connectivity index (χ2n) is 8.09. The molecule has 0 bridgehead atoms. The predicted octanol–water partition coefficient (Wildman–Crippen LogP) is 4.58. The van der Waals surface area contributed by atoms with E-state index in [0.717, 1.165) is 35.1 Å². The highest BCUT2D eigenvalue weighted by atomic mass is 16.6. The van der Waals surface area contributed by atoms with E-state index in [1.54, 1.807) is 0 Å². The molecule has 4 heteroatoms. The first-order valence-electron chi connectivity index (χ1n) is 10.4. The van der Waals surface area contributed by atoms with Gasteiger partial charge in [-0.3, -0.25) is 4.79 Å². The summed E-state index contributed by atoms with van der Waals surface area (Å²) in [5.41, 5.74) is 4.14. The van der Waals surface area contributed by atoms with Gasteiger partial charge in [0.15, 0.2) is 5.60 Å². The first-order valence-corrected chi connectivity index (χ1v) is 10.4. The minimum absolute atomic E-state index is 0.0713. The predicted molar refractivity (Wildman–Crippen MR) is 115 cm³/mol. The van der Waals surface area contributed by atoms with Crippen LogP contribution in [0.15, 0.2) is 78.9 Å². The van der Waals surface area contributed by atoms with Gasteiger partial charge in [-0.05, 0) is 35.6 Å². The molecule has 1 fully saturated rings. The maximum Gasteiger partial charge on any atom is 0.339 e. The summed E-state index contributed by atoms with van der Waals surface area (Å²) in [6.45, 7) is 1.12. The number of benzene rings is 3. The zero-order chi connectivity index (χ0) is 20.6. The number of carbonyl (C=O) groups excluding carboxylic acids is 2. The third-order valence-corrected chi connectivity index (χ3v) is 6.15. The quantitative estimate of drug-likeness (QED) is 0.608. The van der Waals surface area contributed by atoms with Gasteiger partial charge < -0.3 is 9.64 Å². The molecule has 1 amide bonds. The number of amides is 1. The topological polar surface area (TPSA) is 46.6 Å². The van der Waals surface area contributed by atoms with E-state index in [-0.39, 0.29) is 11.9 Å². The first-order chi connectivity index (χ1) is 14.6. The van der Waals surface area contributed by atoms with Crippen LogP contribution in [0.4, 0.5) is 0 Å². The Bertz CT molecular complexity index is 1090. The van der Waals surface area contributed by atoms with Crippen LogP contribution in [0.2, 0.25) is 0 Å². The summed E-state index contributed by atoms with van der Waals surface area (Å²) < 4.78 is 5.82. The fraction of sp³-hybridized carbons (Fsp3) is 0.231. The Labute approximate surface area is 176 Å². The monoisotopic (exact) mass is 397 g/mol. The molecule has 1 saturated heterocycles. The maximum absolute atomic E-state index is 13.0. The number of nitrogens with zero attached hydrogens (tertiary/aromatic N) is 1. The summed E-state index contributed by atoms with van der Waals surface area (Å²) in [7, 11) is 0. The third-order valence-electron chi connectivity index (χ3n) is 6.15. The average Bonchev–Trinajstić information content (AvgIpc) is 3.06. The molecule has 1 unspecified atom stereocenters. The third kappa shape index (κ3) is 3.28. The minimum Gasteiger partial charge on any atom is -0.449 e. The van der Waals surface area contributed by atoms with Gasteiger partial charge >= 0.3 is 5.97 Å². The molecule has 3 aromatic carbocycles. The van der Waals surface area contributed by atoms with E-state index < -0.39 is 5.60 Å². The van der Waals surface area contributed by atoms with E-state index in [2.05, 4.69) is 24.3 Å². The molecular weight excluding hydrogens is 374 g/mol. The number of hydrogen-bond donors (Lipinski definition) is 0. The van der Waals surface area contributed by atoms with Gasteiger partial charge in [0, 0.05) is 12.1 Å². The van der Waals surface area contributed by atoms with Crippen molar-refractivity contribution in [1.29, 1.82) is 0 Å². The number of fused-ring (bicyclic) bond motifs is 2. The SMILES string of the molecule is O=C1OC2(CCCN(C(=O)Cc3ccc(-c4ccccc4)cc3)C2)c2ccccc21. The Balaban J connectivity index is 1.31. The fourth-order valence-corrected chi connectivity index (χ4v) is 4.62. The molecule has 4 nitrogen and oxygen atoms in total. The summed E-state index contributed by atoms with van der Waals surface area (Å²) in [5.74, 6) is -0.210. The summed E-state index contributed by atoms with van der Waals surface area (Å²) in [6, 6.07) is 25.9. The fourth-order valence-electron chi connectivity index (χ4n) is 4.62. The number of hydrogen-bond acceptors (Lipinski definition) is 3. The van der Waals surface area contributed by atoms with Crippen molar-refractivity contribution in [2.75, 3.05) is 13.1 Å². The Kier molecular flexibility index (Phi) is 4.62. The van der Waals surface area contributed by atoms with Crippen molar-refractivity contribution in [2.45, 2.75) is 24.9 Å². The van der Waals surface area contributed by atoms with Crippen LogP contribution >= 0.6 is 0 Å². The van der Waals surface area contributed by atoms with Gasteiger partial charge in [0.05, 0.1) is 18.5 Å². The van der Waals surface area contributed by atoms with Crippen LogP contribution in [0.25, 0.3) is 11.1 Å². The Morgan fingerprint density at radius 1 is 0.900 bits per heavy atom. The van der Waals surface area contributed by atoms with E-state index in [1.807, 2.05) is 59.5 Å². The smallest absolute Gasteiger partial charge is 0.339 e. The number of piperidine rings is 1.